The van der Waals surface area contributed by atoms with E-state index in [1.807, 2.05) is 12.1 Å². The van der Waals surface area contributed by atoms with Crippen LogP contribution in [0.1, 0.15) is 24.3 Å². The number of rotatable bonds is 5. The van der Waals surface area contributed by atoms with Crippen LogP contribution < -0.4 is 0 Å². The molecule has 0 N–H and O–H groups in total. The van der Waals surface area contributed by atoms with Crippen LogP contribution in [-0.4, -0.2) is 71.0 Å². The first-order chi connectivity index (χ1) is 12.2. The predicted molar refractivity (Wildman–Crippen MR) is 90.9 cm³/mol. The maximum atomic E-state index is 13.1. The molecular weight excluding hydrogens is 342 g/mol. The van der Waals surface area contributed by atoms with E-state index in [9.17, 15) is 9.59 Å². The number of aromatic nitrogens is 1. The maximum absolute atomic E-state index is 13.1. The van der Waals surface area contributed by atoms with Crippen molar-refractivity contribution in [2.24, 2.45) is 0 Å². The van der Waals surface area contributed by atoms with E-state index in [1.165, 1.54) is 16.7 Å². The molecule has 0 radical (unpaired) electrons. The van der Waals surface area contributed by atoms with Gasteiger partial charge in [0.2, 0.25) is 0 Å². The Morgan fingerprint density at radius 2 is 2.36 bits per heavy atom. The molecule has 3 aliphatic rings. The highest BCUT2D eigenvalue weighted by molar-refractivity contribution is 8.14. The highest BCUT2D eigenvalue weighted by Crippen LogP contribution is 2.43. The summed E-state index contributed by atoms with van der Waals surface area (Å²) in [5.74, 6) is -0.631. The molecular formula is C17H20N3O4S+. The largest absolute Gasteiger partial charge is 0.501 e. The Kier molecular flexibility index (Phi) is 4.58. The molecule has 3 amide bonds. The fraction of sp³-hybridized carbons (Fsp3) is 0.529. The van der Waals surface area contributed by atoms with Gasteiger partial charge < -0.3 is 9.47 Å². The predicted octanol–water partition coefficient (Wildman–Crippen LogP) is 1.47. The van der Waals surface area contributed by atoms with Crippen molar-refractivity contribution < 1.29 is 23.6 Å². The molecule has 0 aromatic carbocycles. The first-order valence-electron chi connectivity index (χ1n) is 8.43. The van der Waals surface area contributed by atoms with Crippen LogP contribution in [-0.2, 0) is 14.3 Å². The summed E-state index contributed by atoms with van der Waals surface area (Å²) >= 11 is 1.41. The van der Waals surface area contributed by atoms with Gasteiger partial charge in [-0.15, -0.1) is 0 Å². The average Bonchev–Trinajstić information content (AvgIpc) is 3.26. The number of thioether (sulfide) groups is 1. The average molecular weight is 362 g/mol. The second kappa shape index (κ2) is 6.86. The summed E-state index contributed by atoms with van der Waals surface area (Å²) in [5.41, 5.74) is 0.875. The Morgan fingerprint density at radius 1 is 1.48 bits per heavy atom. The minimum atomic E-state index is -0.454. The molecule has 1 aromatic rings. The molecule has 1 aromatic heterocycles. The van der Waals surface area contributed by atoms with Gasteiger partial charge in [0.05, 0.1) is 12.7 Å². The van der Waals surface area contributed by atoms with E-state index in [2.05, 4.69) is 4.98 Å². The summed E-state index contributed by atoms with van der Waals surface area (Å²) in [4.78, 5) is 31.8. The number of nitrogens with zero attached hydrogens (tertiary/aromatic N) is 3. The number of carbonyl (C=O) groups excluding carboxylic acids is 2. The van der Waals surface area contributed by atoms with Crippen LogP contribution in [0.25, 0.3) is 0 Å². The Bertz CT molecular complexity index is 745. The number of methoxy groups -OCH3 is 1. The van der Waals surface area contributed by atoms with Gasteiger partial charge in [0.15, 0.2) is 11.0 Å². The molecule has 25 heavy (non-hydrogen) atoms. The number of ether oxygens (including phenoxy) is 2. The molecule has 1 saturated heterocycles. The smallest absolute Gasteiger partial charge is 0.381 e. The van der Waals surface area contributed by atoms with Gasteiger partial charge in [-0.3, -0.25) is 0 Å². The van der Waals surface area contributed by atoms with E-state index in [4.69, 9.17) is 9.47 Å². The molecule has 4 heterocycles. The van der Waals surface area contributed by atoms with Crippen LogP contribution in [0, 0.1) is 0 Å². The molecule has 0 spiro atoms. The molecule has 2 unspecified atom stereocenters. The molecule has 3 aliphatic heterocycles. The normalized spacial score (nSPS) is 25.6. The molecule has 4 rings (SSSR count). The van der Waals surface area contributed by atoms with E-state index < -0.39 is 5.92 Å². The van der Waals surface area contributed by atoms with Gasteiger partial charge in [0, 0.05) is 25.5 Å². The third-order valence-corrected chi connectivity index (χ3v) is 5.93. The minimum absolute atomic E-state index is 0.0684. The highest BCUT2D eigenvalue weighted by Gasteiger charge is 2.53. The molecule has 2 atom stereocenters. The Morgan fingerprint density at radius 3 is 3.12 bits per heavy atom. The third-order valence-electron chi connectivity index (χ3n) is 4.73. The van der Waals surface area contributed by atoms with Crippen LogP contribution >= 0.6 is 11.8 Å². The van der Waals surface area contributed by atoms with Gasteiger partial charge in [-0.05, 0) is 30.7 Å². The van der Waals surface area contributed by atoms with E-state index >= 15 is 0 Å². The Labute approximate surface area is 150 Å². The molecule has 1 fully saturated rings. The third kappa shape index (κ3) is 2.88. The van der Waals surface area contributed by atoms with Gasteiger partial charge in [-0.1, -0.05) is 6.07 Å². The van der Waals surface area contributed by atoms with Gasteiger partial charge >= 0.3 is 11.9 Å². The monoisotopic (exact) mass is 362 g/mol. The molecule has 0 bridgehead atoms. The number of imide groups is 1. The lowest BCUT2D eigenvalue weighted by atomic mass is 9.98. The van der Waals surface area contributed by atoms with Crippen molar-refractivity contribution in [1.29, 1.82) is 0 Å². The summed E-state index contributed by atoms with van der Waals surface area (Å²) in [6.07, 6.45) is 3.49. The van der Waals surface area contributed by atoms with E-state index in [0.29, 0.717) is 26.3 Å². The summed E-state index contributed by atoms with van der Waals surface area (Å²) in [5, 5.41) is 1.54. The van der Waals surface area contributed by atoms with Crippen LogP contribution in [0.4, 0.5) is 4.79 Å². The lowest BCUT2D eigenvalue weighted by Gasteiger charge is -2.25. The van der Waals surface area contributed by atoms with Gasteiger partial charge in [0.25, 0.3) is 0 Å². The fourth-order valence-electron chi connectivity index (χ4n) is 3.49. The van der Waals surface area contributed by atoms with Crippen molar-refractivity contribution in [2.45, 2.75) is 29.9 Å². The van der Waals surface area contributed by atoms with E-state index in [-0.39, 0.29) is 18.0 Å². The van der Waals surface area contributed by atoms with Gasteiger partial charge in [-0.2, -0.15) is 14.3 Å². The van der Waals surface area contributed by atoms with E-state index in [1.54, 1.807) is 17.9 Å². The number of hydrogen-bond donors (Lipinski definition) is 0. The van der Waals surface area contributed by atoms with Crippen molar-refractivity contribution in [3.63, 3.8) is 0 Å². The second-order valence-corrected chi connectivity index (χ2v) is 7.29. The number of amides is 3. The zero-order valence-electron chi connectivity index (χ0n) is 14.0. The van der Waals surface area contributed by atoms with Crippen LogP contribution in [0.3, 0.4) is 0 Å². The highest BCUT2D eigenvalue weighted by atomic mass is 32.2. The zero-order valence-corrected chi connectivity index (χ0v) is 14.8. The summed E-state index contributed by atoms with van der Waals surface area (Å²) < 4.78 is 12.5. The van der Waals surface area contributed by atoms with E-state index in [0.717, 1.165) is 28.5 Å². The Balaban J connectivity index is 1.72. The topological polar surface area (TPSA) is 71.7 Å². The first kappa shape index (κ1) is 16.7. The number of pyridine rings is 1. The molecule has 132 valence electrons. The van der Waals surface area contributed by atoms with Gasteiger partial charge in [-0.25, -0.2) is 9.78 Å². The van der Waals surface area contributed by atoms with Crippen molar-refractivity contribution in [1.82, 2.24) is 9.88 Å². The molecule has 8 heteroatoms. The SMILES string of the molecule is COCC[N+]1=C2Sc3ncccc3C2C(=O)N(CC2CCCO2)C1=O. The summed E-state index contributed by atoms with van der Waals surface area (Å²) in [7, 11) is 1.60. The lowest BCUT2D eigenvalue weighted by Crippen LogP contribution is -2.54. The lowest BCUT2D eigenvalue weighted by molar-refractivity contribution is -0.441. The van der Waals surface area contributed by atoms with Crippen molar-refractivity contribution in [3.8, 4) is 0 Å². The van der Waals surface area contributed by atoms with Crippen molar-refractivity contribution >= 4 is 28.7 Å². The van der Waals surface area contributed by atoms with Gasteiger partial charge in [0.1, 0.15) is 18.1 Å². The number of fused-ring (bicyclic) bond motifs is 3. The first-order valence-corrected chi connectivity index (χ1v) is 9.25. The number of carbonyl (C=O) groups is 2. The van der Waals surface area contributed by atoms with Crippen LogP contribution in [0.2, 0.25) is 0 Å². The minimum Gasteiger partial charge on any atom is -0.381 e. The van der Waals surface area contributed by atoms with Crippen molar-refractivity contribution in [3.05, 3.63) is 23.9 Å². The number of urea groups is 1. The zero-order chi connectivity index (χ0) is 17.4. The second-order valence-electron chi connectivity index (χ2n) is 6.28. The molecule has 7 nitrogen and oxygen atoms in total. The standard InChI is InChI=1S/C17H20N3O4S/c1-23-9-7-19-16-13(12-5-2-6-18-14(12)25-16)15(21)20(17(19)22)10-11-4-3-8-24-11/h2,5-6,11,13H,3-4,7-10H2,1H3/q+1. The Hall–Kier alpha value is -1.77. The quantitative estimate of drug-likeness (QED) is 0.739. The molecule has 0 aliphatic carbocycles. The summed E-state index contributed by atoms with van der Waals surface area (Å²) in [6, 6.07) is 3.46. The molecule has 0 saturated carbocycles. The van der Waals surface area contributed by atoms with Crippen molar-refractivity contribution in [2.75, 3.05) is 33.4 Å². The fourth-order valence-corrected chi connectivity index (χ4v) is 4.73. The number of hydrogen-bond acceptors (Lipinski definition) is 6. The maximum Gasteiger partial charge on any atom is 0.501 e. The van der Waals surface area contributed by atoms with Crippen LogP contribution in [0.15, 0.2) is 23.4 Å². The van der Waals surface area contributed by atoms with Crippen LogP contribution in [0.5, 0.6) is 0 Å². The summed E-state index contributed by atoms with van der Waals surface area (Å²) in [6.45, 7) is 1.83.